The molecule has 0 atom stereocenters. The van der Waals surface area contributed by atoms with Crippen molar-refractivity contribution in [2.45, 2.75) is 13.0 Å². The second-order valence-corrected chi connectivity index (χ2v) is 4.62. The number of hydrogen-bond acceptors (Lipinski definition) is 3. The first-order valence-corrected chi connectivity index (χ1v) is 5.89. The molecule has 0 saturated heterocycles. The third-order valence-electron chi connectivity index (χ3n) is 3.18. The fourth-order valence-corrected chi connectivity index (χ4v) is 2.23. The minimum absolute atomic E-state index is 0.174. The average Bonchev–Trinajstić information content (AvgIpc) is 2.55. The van der Waals surface area contributed by atoms with Crippen LogP contribution in [0.2, 0.25) is 0 Å². The van der Waals surface area contributed by atoms with Crippen molar-refractivity contribution < 1.29 is 4.79 Å². The summed E-state index contributed by atoms with van der Waals surface area (Å²) in [5.41, 5.74) is 8.93. The molecule has 1 aliphatic heterocycles. The SMILES string of the molecule is CN(CCN)Cc1ccc2c(c1)CC(=O)N2C. The standard InChI is InChI=1S/C13H19N3O/c1-15(6-5-14)9-10-3-4-12-11(7-10)8-13(17)16(12)2/h3-4,7H,5-6,8-9,14H2,1-2H3. The fourth-order valence-electron chi connectivity index (χ4n) is 2.23. The molecule has 1 aromatic carbocycles. The Balaban J connectivity index is 2.13. The van der Waals surface area contributed by atoms with Gasteiger partial charge >= 0.3 is 0 Å². The summed E-state index contributed by atoms with van der Waals surface area (Å²) >= 11 is 0. The molecule has 1 aliphatic rings. The summed E-state index contributed by atoms with van der Waals surface area (Å²) in [4.78, 5) is 15.5. The van der Waals surface area contributed by atoms with Crippen molar-refractivity contribution >= 4 is 11.6 Å². The number of benzene rings is 1. The number of nitrogens with zero attached hydrogens (tertiary/aromatic N) is 2. The Morgan fingerprint density at radius 2 is 2.24 bits per heavy atom. The second kappa shape index (κ2) is 4.85. The summed E-state index contributed by atoms with van der Waals surface area (Å²) in [6.45, 7) is 2.43. The lowest BCUT2D eigenvalue weighted by Gasteiger charge is -2.16. The van der Waals surface area contributed by atoms with E-state index in [4.69, 9.17) is 5.73 Å². The van der Waals surface area contributed by atoms with Gasteiger partial charge in [-0.05, 0) is 24.2 Å². The van der Waals surface area contributed by atoms with Crippen LogP contribution in [0.4, 0.5) is 5.69 Å². The molecule has 1 heterocycles. The van der Waals surface area contributed by atoms with Gasteiger partial charge < -0.3 is 15.5 Å². The minimum atomic E-state index is 0.174. The first-order chi connectivity index (χ1) is 8.11. The maximum absolute atomic E-state index is 11.6. The highest BCUT2D eigenvalue weighted by Gasteiger charge is 2.23. The van der Waals surface area contributed by atoms with Gasteiger partial charge in [-0.3, -0.25) is 4.79 Å². The smallest absolute Gasteiger partial charge is 0.231 e. The van der Waals surface area contributed by atoms with E-state index in [9.17, 15) is 4.79 Å². The van der Waals surface area contributed by atoms with Gasteiger partial charge in [0.15, 0.2) is 0 Å². The molecule has 0 aliphatic carbocycles. The molecule has 0 spiro atoms. The molecule has 0 fully saturated rings. The van der Waals surface area contributed by atoms with Crippen molar-refractivity contribution in [3.05, 3.63) is 29.3 Å². The predicted molar refractivity (Wildman–Crippen MR) is 68.9 cm³/mol. The van der Waals surface area contributed by atoms with Crippen LogP contribution in [0.25, 0.3) is 0 Å². The number of rotatable bonds is 4. The second-order valence-electron chi connectivity index (χ2n) is 4.62. The Morgan fingerprint density at radius 1 is 1.47 bits per heavy atom. The van der Waals surface area contributed by atoms with Gasteiger partial charge in [0.05, 0.1) is 6.42 Å². The van der Waals surface area contributed by atoms with E-state index in [1.165, 1.54) is 5.56 Å². The summed E-state index contributed by atoms with van der Waals surface area (Å²) < 4.78 is 0. The van der Waals surface area contributed by atoms with Crippen LogP contribution in [0, 0.1) is 0 Å². The van der Waals surface area contributed by atoms with Gasteiger partial charge in [-0.1, -0.05) is 12.1 Å². The number of nitrogens with two attached hydrogens (primary N) is 1. The molecule has 1 aromatic rings. The van der Waals surface area contributed by atoms with Crippen molar-refractivity contribution in [2.24, 2.45) is 5.73 Å². The molecule has 17 heavy (non-hydrogen) atoms. The zero-order chi connectivity index (χ0) is 12.4. The van der Waals surface area contributed by atoms with E-state index in [-0.39, 0.29) is 5.91 Å². The van der Waals surface area contributed by atoms with E-state index in [0.29, 0.717) is 13.0 Å². The van der Waals surface area contributed by atoms with E-state index >= 15 is 0 Å². The summed E-state index contributed by atoms with van der Waals surface area (Å²) in [5, 5.41) is 0. The molecule has 2 N–H and O–H groups in total. The quantitative estimate of drug-likeness (QED) is 0.828. The Morgan fingerprint density at radius 3 is 2.94 bits per heavy atom. The van der Waals surface area contributed by atoms with Gasteiger partial charge in [-0.25, -0.2) is 0 Å². The molecular formula is C13H19N3O. The van der Waals surface area contributed by atoms with Crippen molar-refractivity contribution in [3.63, 3.8) is 0 Å². The van der Waals surface area contributed by atoms with Gasteiger partial charge in [0.2, 0.25) is 5.91 Å². The zero-order valence-corrected chi connectivity index (χ0v) is 10.4. The first-order valence-electron chi connectivity index (χ1n) is 5.89. The third-order valence-corrected chi connectivity index (χ3v) is 3.18. The third kappa shape index (κ3) is 2.48. The number of amides is 1. The molecule has 2 rings (SSSR count). The number of likely N-dealkylation sites (N-methyl/N-ethyl adjacent to an activating group) is 2. The summed E-state index contributed by atoms with van der Waals surface area (Å²) in [5.74, 6) is 0.174. The van der Waals surface area contributed by atoms with Crippen LogP contribution >= 0.6 is 0 Å². The molecule has 4 nitrogen and oxygen atoms in total. The van der Waals surface area contributed by atoms with Crippen LogP contribution in [-0.4, -0.2) is 38.0 Å². The summed E-state index contributed by atoms with van der Waals surface area (Å²) in [7, 11) is 3.88. The van der Waals surface area contributed by atoms with Crippen LogP contribution in [0.3, 0.4) is 0 Å². The Kier molecular flexibility index (Phi) is 3.45. The van der Waals surface area contributed by atoms with Crippen LogP contribution in [0.5, 0.6) is 0 Å². The molecule has 0 bridgehead atoms. The monoisotopic (exact) mass is 233 g/mol. The Hall–Kier alpha value is -1.39. The molecule has 4 heteroatoms. The van der Waals surface area contributed by atoms with Crippen molar-refractivity contribution in [1.29, 1.82) is 0 Å². The number of carbonyl (C=O) groups excluding carboxylic acids is 1. The van der Waals surface area contributed by atoms with Crippen molar-refractivity contribution in [2.75, 3.05) is 32.1 Å². The number of fused-ring (bicyclic) bond motifs is 1. The predicted octanol–water partition coefficient (Wildman–Crippen LogP) is 0.596. The van der Waals surface area contributed by atoms with Crippen LogP contribution in [0.15, 0.2) is 18.2 Å². The van der Waals surface area contributed by atoms with Gasteiger partial charge in [0.25, 0.3) is 0 Å². The number of carbonyl (C=O) groups is 1. The van der Waals surface area contributed by atoms with Crippen LogP contribution < -0.4 is 10.6 Å². The van der Waals surface area contributed by atoms with Crippen molar-refractivity contribution in [1.82, 2.24) is 4.90 Å². The molecule has 0 radical (unpaired) electrons. The number of hydrogen-bond donors (Lipinski definition) is 1. The lowest BCUT2D eigenvalue weighted by Crippen LogP contribution is -2.25. The van der Waals surface area contributed by atoms with Crippen LogP contribution in [0.1, 0.15) is 11.1 Å². The molecule has 0 saturated carbocycles. The van der Waals surface area contributed by atoms with Gasteiger partial charge in [-0.15, -0.1) is 0 Å². The molecule has 0 aromatic heterocycles. The minimum Gasteiger partial charge on any atom is -0.329 e. The lowest BCUT2D eigenvalue weighted by atomic mass is 10.1. The van der Waals surface area contributed by atoms with E-state index < -0.39 is 0 Å². The maximum Gasteiger partial charge on any atom is 0.231 e. The first kappa shape index (κ1) is 12.1. The maximum atomic E-state index is 11.6. The molecular weight excluding hydrogens is 214 g/mol. The molecule has 92 valence electrons. The topological polar surface area (TPSA) is 49.6 Å². The van der Waals surface area contributed by atoms with E-state index in [1.54, 1.807) is 4.90 Å². The van der Waals surface area contributed by atoms with Gasteiger partial charge in [-0.2, -0.15) is 0 Å². The Labute approximate surface area is 102 Å². The molecule has 0 unspecified atom stereocenters. The summed E-state index contributed by atoms with van der Waals surface area (Å²) in [6.07, 6.45) is 0.528. The lowest BCUT2D eigenvalue weighted by molar-refractivity contribution is -0.117. The van der Waals surface area contributed by atoms with E-state index in [0.717, 1.165) is 24.3 Å². The highest BCUT2D eigenvalue weighted by atomic mass is 16.2. The largest absolute Gasteiger partial charge is 0.329 e. The van der Waals surface area contributed by atoms with E-state index in [1.807, 2.05) is 13.1 Å². The fraction of sp³-hybridized carbons (Fsp3) is 0.462. The number of anilines is 1. The summed E-state index contributed by atoms with van der Waals surface area (Å²) in [6, 6.07) is 6.25. The highest BCUT2D eigenvalue weighted by molar-refractivity contribution is 6.00. The average molecular weight is 233 g/mol. The Bertz CT molecular complexity index is 431. The van der Waals surface area contributed by atoms with Gasteiger partial charge in [0, 0.05) is 32.4 Å². The van der Waals surface area contributed by atoms with Crippen molar-refractivity contribution in [3.8, 4) is 0 Å². The van der Waals surface area contributed by atoms with Gasteiger partial charge in [0.1, 0.15) is 0 Å². The van der Waals surface area contributed by atoms with Crippen LogP contribution in [-0.2, 0) is 17.8 Å². The van der Waals surface area contributed by atoms with E-state index in [2.05, 4.69) is 24.1 Å². The zero-order valence-electron chi connectivity index (χ0n) is 10.4. The highest BCUT2D eigenvalue weighted by Crippen LogP contribution is 2.28. The normalized spacial score (nSPS) is 14.6. The molecule has 1 amide bonds.